The van der Waals surface area contributed by atoms with Gasteiger partial charge in [-0.25, -0.2) is 14.2 Å². The molecule has 3 rings (SSSR count). The molecule has 1 fully saturated rings. The molecule has 0 aliphatic carbocycles. The van der Waals surface area contributed by atoms with Crippen molar-refractivity contribution in [2.75, 3.05) is 19.0 Å². The minimum atomic E-state index is -0.985. The second kappa shape index (κ2) is 7.38. The molecule has 8 nitrogen and oxygen atoms in total. The quantitative estimate of drug-likeness (QED) is 0.460. The van der Waals surface area contributed by atoms with Gasteiger partial charge in [0.1, 0.15) is 17.0 Å². The Kier molecular flexibility index (Phi) is 5.32. The van der Waals surface area contributed by atoms with E-state index >= 15 is 0 Å². The minimum Gasteiger partial charge on any atom is -0.444 e. The van der Waals surface area contributed by atoms with Gasteiger partial charge < -0.3 is 9.47 Å². The van der Waals surface area contributed by atoms with Crippen LogP contribution in [0.1, 0.15) is 26.3 Å². The predicted molar refractivity (Wildman–Crippen MR) is 100 cm³/mol. The van der Waals surface area contributed by atoms with Crippen LogP contribution in [-0.4, -0.2) is 35.8 Å². The normalized spacial score (nSPS) is 24.4. The van der Waals surface area contributed by atoms with Crippen LogP contribution in [0.5, 0.6) is 0 Å². The van der Waals surface area contributed by atoms with Crippen LogP contribution in [0.3, 0.4) is 0 Å². The zero-order chi connectivity index (χ0) is 19.7. The summed E-state index contributed by atoms with van der Waals surface area (Å²) in [6.45, 7) is 5.90. The Labute approximate surface area is 160 Å². The third-order valence-corrected chi connectivity index (χ3v) is 5.26. The number of nitrogens with one attached hydrogen (secondary N) is 1. The molecule has 1 aromatic carbocycles. The number of fused-ring (bicyclic) bond motifs is 1. The van der Waals surface area contributed by atoms with E-state index in [1.807, 2.05) is 0 Å². The Balaban J connectivity index is 1.97. The number of halogens is 1. The summed E-state index contributed by atoms with van der Waals surface area (Å²) in [5, 5.41) is 6.53. The van der Waals surface area contributed by atoms with E-state index in [1.165, 1.54) is 30.0 Å². The van der Waals surface area contributed by atoms with Gasteiger partial charge in [0.2, 0.25) is 0 Å². The molecule has 2 aliphatic rings. The highest BCUT2D eigenvalue weighted by atomic mass is 32.2. The second-order valence-corrected chi connectivity index (χ2v) is 8.35. The first-order chi connectivity index (χ1) is 12.7. The Hall–Kier alpha value is -2.29. The van der Waals surface area contributed by atoms with Crippen molar-refractivity contribution in [3.63, 3.8) is 0 Å². The summed E-state index contributed by atoms with van der Waals surface area (Å²) in [6.07, 6.45) is -0.621. The fourth-order valence-electron chi connectivity index (χ4n) is 3.09. The van der Waals surface area contributed by atoms with Crippen molar-refractivity contribution < 1.29 is 18.7 Å². The summed E-state index contributed by atoms with van der Waals surface area (Å²) in [5.41, 5.74) is 7.62. The zero-order valence-electron chi connectivity index (χ0n) is 15.2. The summed E-state index contributed by atoms with van der Waals surface area (Å²) in [6, 6.07) is 4.14. The number of hydrogen-bond donors (Lipinski definition) is 1. The summed E-state index contributed by atoms with van der Waals surface area (Å²) >= 11 is 1.36. The van der Waals surface area contributed by atoms with Crippen LogP contribution < -0.4 is 5.32 Å². The fourth-order valence-corrected chi connectivity index (χ4v) is 4.20. The van der Waals surface area contributed by atoms with E-state index in [1.54, 1.807) is 20.8 Å². The molecular weight excluding hydrogens is 373 g/mol. The van der Waals surface area contributed by atoms with E-state index in [2.05, 4.69) is 20.3 Å². The largest absolute Gasteiger partial charge is 0.444 e. The maximum absolute atomic E-state index is 14.7. The Bertz CT molecular complexity index is 834. The van der Waals surface area contributed by atoms with Crippen molar-refractivity contribution in [3.8, 4) is 0 Å². The lowest BCUT2D eigenvalue weighted by atomic mass is 9.81. The van der Waals surface area contributed by atoms with Gasteiger partial charge in [-0.3, -0.25) is 5.32 Å². The predicted octanol–water partition coefficient (Wildman–Crippen LogP) is 4.24. The van der Waals surface area contributed by atoms with Crippen LogP contribution in [0.25, 0.3) is 10.4 Å². The summed E-state index contributed by atoms with van der Waals surface area (Å²) in [5.74, 6) is 0.0666. The fraction of sp³-hybridized carbons (Fsp3) is 0.529. The zero-order valence-corrected chi connectivity index (χ0v) is 16.0. The molecule has 2 atom stereocenters. The molecule has 2 heterocycles. The molecule has 27 heavy (non-hydrogen) atoms. The monoisotopic (exact) mass is 393 g/mol. The average molecular weight is 393 g/mol. The molecule has 0 bridgehead atoms. The van der Waals surface area contributed by atoms with Crippen LogP contribution in [0.4, 0.5) is 14.9 Å². The van der Waals surface area contributed by atoms with E-state index in [4.69, 9.17) is 15.0 Å². The van der Waals surface area contributed by atoms with E-state index in [-0.39, 0.29) is 12.5 Å². The molecule has 0 radical (unpaired) electrons. The topological polar surface area (TPSA) is 109 Å². The maximum atomic E-state index is 14.7. The van der Waals surface area contributed by atoms with Crippen LogP contribution in [0, 0.1) is 11.7 Å². The van der Waals surface area contributed by atoms with Gasteiger partial charge in [0.15, 0.2) is 5.17 Å². The number of amides is 1. The molecule has 1 saturated heterocycles. The molecule has 10 heteroatoms. The maximum Gasteiger partial charge on any atom is 0.413 e. The van der Waals surface area contributed by atoms with Crippen molar-refractivity contribution in [2.45, 2.75) is 31.9 Å². The van der Waals surface area contributed by atoms with Gasteiger partial charge in [-0.2, -0.15) is 0 Å². The van der Waals surface area contributed by atoms with Gasteiger partial charge in [-0.15, -0.1) is 0 Å². The van der Waals surface area contributed by atoms with Crippen molar-refractivity contribution in [1.29, 1.82) is 0 Å². The first-order valence-corrected chi connectivity index (χ1v) is 9.37. The molecular formula is C17H20FN5O3S. The number of thioether (sulfide) groups is 1. The van der Waals surface area contributed by atoms with E-state index in [0.29, 0.717) is 28.8 Å². The Morgan fingerprint density at radius 1 is 1.56 bits per heavy atom. The van der Waals surface area contributed by atoms with E-state index < -0.39 is 23.1 Å². The van der Waals surface area contributed by atoms with Gasteiger partial charge in [-0.1, -0.05) is 16.9 Å². The molecule has 2 unspecified atom stereocenters. The number of alkyl carbamates (subject to hydrolysis) is 1. The number of carbonyl (C=O) groups is 1. The molecule has 0 spiro atoms. The second-order valence-electron chi connectivity index (χ2n) is 7.34. The number of benzene rings is 1. The Morgan fingerprint density at radius 3 is 3.04 bits per heavy atom. The van der Waals surface area contributed by atoms with Gasteiger partial charge in [0.25, 0.3) is 0 Å². The number of rotatable bonds is 2. The van der Waals surface area contributed by atoms with Crippen LogP contribution in [0.15, 0.2) is 28.3 Å². The van der Waals surface area contributed by atoms with Crippen LogP contribution in [0.2, 0.25) is 0 Å². The molecule has 0 saturated carbocycles. The molecule has 1 aromatic rings. The molecule has 144 valence electrons. The number of nitrogens with zero attached hydrogens (tertiary/aromatic N) is 4. The first-order valence-electron chi connectivity index (χ1n) is 8.39. The van der Waals surface area contributed by atoms with E-state index in [9.17, 15) is 9.18 Å². The lowest BCUT2D eigenvalue weighted by Crippen LogP contribution is -2.43. The summed E-state index contributed by atoms with van der Waals surface area (Å²) in [4.78, 5) is 19.5. The van der Waals surface area contributed by atoms with Gasteiger partial charge >= 0.3 is 6.09 Å². The standard InChI is InChI=1S/C17H20FN5O3S/c1-16(2,3)26-15(24)20-14-21-17(9-25-7-10(17)8-27-14)12-6-11(22-23-19)4-5-13(12)18/h4-6,10H,7-9H2,1-3H3,(H,20,21,24). The van der Waals surface area contributed by atoms with Crippen molar-refractivity contribution in [3.05, 3.63) is 40.0 Å². The summed E-state index contributed by atoms with van der Waals surface area (Å²) < 4.78 is 25.5. The Morgan fingerprint density at radius 2 is 2.33 bits per heavy atom. The van der Waals surface area contributed by atoms with Crippen LogP contribution in [-0.2, 0) is 15.0 Å². The van der Waals surface area contributed by atoms with E-state index in [0.717, 1.165) is 0 Å². The molecule has 1 N–H and O–H groups in total. The van der Waals surface area contributed by atoms with Gasteiger partial charge in [0.05, 0.1) is 13.2 Å². The number of aliphatic imine (C=N–C) groups is 1. The van der Waals surface area contributed by atoms with Crippen molar-refractivity contribution >= 4 is 28.7 Å². The van der Waals surface area contributed by atoms with Crippen LogP contribution >= 0.6 is 11.8 Å². The third kappa shape index (κ3) is 4.18. The molecule has 0 aromatic heterocycles. The van der Waals surface area contributed by atoms with Gasteiger partial charge in [0, 0.05) is 27.8 Å². The average Bonchev–Trinajstić information content (AvgIpc) is 2.99. The lowest BCUT2D eigenvalue weighted by Gasteiger charge is -2.35. The minimum absolute atomic E-state index is 0.0671. The lowest BCUT2D eigenvalue weighted by molar-refractivity contribution is 0.0564. The SMILES string of the molecule is CC(C)(C)OC(=O)NC1=NC2(c3cc(N=[N+]=[N-])ccc3F)COCC2CS1. The number of hydrogen-bond acceptors (Lipinski definition) is 6. The number of ether oxygens (including phenoxy) is 2. The highest BCUT2D eigenvalue weighted by Crippen LogP contribution is 2.46. The number of azide groups is 1. The van der Waals surface area contributed by atoms with Crippen molar-refractivity contribution in [2.24, 2.45) is 16.0 Å². The number of amidine groups is 1. The smallest absolute Gasteiger partial charge is 0.413 e. The molecule has 1 amide bonds. The summed E-state index contributed by atoms with van der Waals surface area (Å²) in [7, 11) is 0. The number of carbonyl (C=O) groups excluding carboxylic acids is 1. The van der Waals surface area contributed by atoms with Crippen molar-refractivity contribution in [1.82, 2.24) is 5.32 Å². The first kappa shape index (κ1) is 19.5. The highest BCUT2D eigenvalue weighted by Gasteiger charge is 2.49. The van der Waals surface area contributed by atoms with Gasteiger partial charge in [-0.05, 0) is 44.5 Å². The third-order valence-electron chi connectivity index (χ3n) is 4.22. The molecule has 2 aliphatic heterocycles. The highest BCUT2D eigenvalue weighted by molar-refractivity contribution is 8.13.